The zero-order valence-electron chi connectivity index (χ0n) is 18.4. The first-order chi connectivity index (χ1) is 16.6. The fraction of sp³-hybridized carbons (Fsp3) is 0.304. The number of aromatic hydroxyl groups is 1. The fourth-order valence-electron chi connectivity index (χ4n) is 3.99. The Morgan fingerprint density at radius 2 is 1.97 bits per heavy atom. The van der Waals surface area contributed by atoms with Crippen LogP contribution in [-0.2, 0) is 4.74 Å². The lowest BCUT2D eigenvalue weighted by Gasteiger charge is -2.28. The first kappa shape index (κ1) is 20.5. The highest BCUT2D eigenvalue weighted by atomic mass is 16.5. The van der Waals surface area contributed by atoms with Gasteiger partial charge in [0.1, 0.15) is 11.5 Å². The van der Waals surface area contributed by atoms with Crippen LogP contribution in [-0.4, -0.2) is 62.0 Å². The lowest BCUT2D eigenvalue weighted by atomic mass is 10.2. The Morgan fingerprint density at radius 1 is 1.18 bits per heavy atom. The fourth-order valence-corrected chi connectivity index (χ4v) is 3.99. The van der Waals surface area contributed by atoms with Crippen molar-refractivity contribution in [3.8, 4) is 5.88 Å². The molecule has 0 bridgehead atoms. The zero-order chi connectivity index (χ0) is 23.1. The van der Waals surface area contributed by atoms with Crippen LogP contribution in [0, 0.1) is 0 Å². The van der Waals surface area contributed by atoms with Crippen molar-refractivity contribution >= 4 is 28.9 Å². The predicted octanol–water partition coefficient (Wildman–Crippen LogP) is 0.642. The molecule has 1 aliphatic carbocycles. The number of rotatable bonds is 5. The number of nitrogens with zero attached hydrogens (tertiary/aromatic N) is 5. The maximum Gasteiger partial charge on any atom is 0.326 e. The van der Waals surface area contributed by atoms with Crippen LogP contribution in [0.1, 0.15) is 18.5 Å². The second-order valence-corrected chi connectivity index (χ2v) is 8.45. The minimum absolute atomic E-state index is 0.234. The second kappa shape index (κ2) is 8.34. The number of aromatic amines is 2. The van der Waals surface area contributed by atoms with Crippen LogP contribution in [0.5, 0.6) is 5.88 Å². The molecule has 6 rings (SSSR count). The molecule has 11 nitrogen and oxygen atoms in total. The normalized spacial score (nSPS) is 17.6. The van der Waals surface area contributed by atoms with E-state index in [-0.39, 0.29) is 11.6 Å². The number of morpholine rings is 1. The van der Waals surface area contributed by atoms with Gasteiger partial charge in [0, 0.05) is 35.7 Å². The van der Waals surface area contributed by atoms with Crippen molar-refractivity contribution < 1.29 is 9.84 Å². The molecule has 0 amide bonds. The first-order valence-corrected chi connectivity index (χ1v) is 11.3. The number of hydrogen-bond acceptors (Lipinski definition) is 8. The monoisotopic (exact) mass is 460 g/mol. The number of H-pyrrole nitrogens is 2. The van der Waals surface area contributed by atoms with Gasteiger partial charge in [-0.2, -0.15) is 9.61 Å². The summed E-state index contributed by atoms with van der Waals surface area (Å²) in [7, 11) is 0. The van der Waals surface area contributed by atoms with Gasteiger partial charge >= 0.3 is 5.69 Å². The van der Waals surface area contributed by atoms with Crippen LogP contribution in [0.15, 0.2) is 46.3 Å². The van der Waals surface area contributed by atoms with E-state index in [0.29, 0.717) is 28.2 Å². The van der Waals surface area contributed by atoms with Gasteiger partial charge in [-0.3, -0.25) is 9.98 Å². The van der Waals surface area contributed by atoms with E-state index in [0.717, 1.165) is 50.5 Å². The molecule has 1 saturated heterocycles. The Balaban J connectivity index is 1.37. The van der Waals surface area contributed by atoms with E-state index in [1.54, 1.807) is 16.8 Å². The van der Waals surface area contributed by atoms with Crippen LogP contribution in [0.2, 0.25) is 0 Å². The number of ether oxygens (including phenoxy) is 1. The van der Waals surface area contributed by atoms with Crippen LogP contribution < -0.4 is 26.6 Å². The average molecular weight is 460 g/mol. The van der Waals surface area contributed by atoms with Gasteiger partial charge in [-0.15, -0.1) is 0 Å². The smallest absolute Gasteiger partial charge is 0.326 e. The minimum atomic E-state index is -0.486. The van der Waals surface area contributed by atoms with Crippen molar-refractivity contribution in [3.63, 3.8) is 0 Å². The van der Waals surface area contributed by atoms with Crippen molar-refractivity contribution in [3.05, 3.63) is 63.4 Å². The van der Waals surface area contributed by atoms with Gasteiger partial charge in [0.2, 0.25) is 5.88 Å². The predicted molar refractivity (Wildman–Crippen MR) is 126 cm³/mol. The number of anilines is 3. The summed E-state index contributed by atoms with van der Waals surface area (Å²) in [5.41, 5.74) is 3.11. The SMILES string of the molecule is O=c1[nH]c(O)c(C=c2cnn3c(=NC4CC4)cc(Nc4ccc(N5CCOCC5)cc4)nc23)[nH]1. The standard InChI is InChI=1S/C23H24N8O3/c32-22-18(27-23(33)29-22)11-14-13-24-31-20(26-16-1-2-16)12-19(28-21(14)31)25-15-3-5-17(6-4-15)30-7-9-34-10-8-30/h3-6,11-13,16,25,32H,1-2,7-10H2,(H2,27,29,33). The molecule has 0 radical (unpaired) electrons. The molecule has 3 aromatic heterocycles. The summed E-state index contributed by atoms with van der Waals surface area (Å²) in [4.78, 5) is 28.2. The van der Waals surface area contributed by atoms with Gasteiger partial charge < -0.3 is 25.0 Å². The zero-order valence-corrected chi connectivity index (χ0v) is 18.4. The third-order valence-corrected chi connectivity index (χ3v) is 5.89. The van der Waals surface area contributed by atoms with Gasteiger partial charge in [0.15, 0.2) is 11.1 Å². The van der Waals surface area contributed by atoms with E-state index in [9.17, 15) is 9.90 Å². The number of nitrogens with one attached hydrogen (secondary N) is 3. The quantitative estimate of drug-likeness (QED) is 0.343. The Morgan fingerprint density at radius 3 is 2.68 bits per heavy atom. The van der Waals surface area contributed by atoms with Crippen LogP contribution in [0.4, 0.5) is 17.2 Å². The van der Waals surface area contributed by atoms with E-state index in [4.69, 9.17) is 14.7 Å². The van der Waals surface area contributed by atoms with Gasteiger partial charge in [0.05, 0.1) is 25.5 Å². The number of hydrogen-bond donors (Lipinski definition) is 4. The molecule has 1 aliphatic heterocycles. The Hall–Kier alpha value is -4.12. The highest BCUT2D eigenvalue weighted by molar-refractivity contribution is 5.63. The maximum absolute atomic E-state index is 11.5. The van der Waals surface area contributed by atoms with Gasteiger partial charge in [0.25, 0.3) is 0 Å². The van der Waals surface area contributed by atoms with Crippen molar-refractivity contribution in [2.75, 3.05) is 36.5 Å². The summed E-state index contributed by atoms with van der Waals surface area (Å²) in [6.45, 7) is 3.27. The highest BCUT2D eigenvalue weighted by Gasteiger charge is 2.20. The van der Waals surface area contributed by atoms with E-state index in [1.807, 2.05) is 18.2 Å². The number of imidazole rings is 1. The molecule has 0 spiro atoms. The van der Waals surface area contributed by atoms with Crippen LogP contribution in [0.25, 0.3) is 11.7 Å². The van der Waals surface area contributed by atoms with Crippen LogP contribution in [0.3, 0.4) is 0 Å². The lowest BCUT2D eigenvalue weighted by Crippen LogP contribution is -2.36. The third kappa shape index (κ3) is 4.13. The molecule has 11 heteroatoms. The Kier molecular flexibility index (Phi) is 5.02. The lowest BCUT2D eigenvalue weighted by molar-refractivity contribution is 0.122. The molecule has 0 unspecified atom stereocenters. The van der Waals surface area contributed by atoms with E-state index < -0.39 is 5.69 Å². The molecule has 34 heavy (non-hydrogen) atoms. The third-order valence-electron chi connectivity index (χ3n) is 5.89. The molecule has 0 atom stereocenters. The van der Waals surface area contributed by atoms with E-state index >= 15 is 0 Å². The maximum atomic E-state index is 11.5. The molecule has 1 saturated carbocycles. The van der Waals surface area contributed by atoms with Crippen LogP contribution >= 0.6 is 0 Å². The van der Waals surface area contributed by atoms with Crippen molar-refractivity contribution in [1.29, 1.82) is 0 Å². The number of aromatic nitrogens is 5. The van der Waals surface area contributed by atoms with E-state index in [1.165, 1.54) is 0 Å². The van der Waals surface area contributed by atoms with Crippen molar-refractivity contribution in [2.24, 2.45) is 4.99 Å². The number of fused-ring (bicyclic) bond motifs is 1. The van der Waals surface area contributed by atoms with Crippen molar-refractivity contribution in [1.82, 2.24) is 24.6 Å². The second-order valence-electron chi connectivity index (χ2n) is 8.45. The molecule has 2 fully saturated rings. The summed E-state index contributed by atoms with van der Waals surface area (Å²) in [6.07, 6.45) is 5.40. The molecule has 174 valence electrons. The minimum Gasteiger partial charge on any atom is -0.493 e. The molecule has 4 N–H and O–H groups in total. The van der Waals surface area contributed by atoms with Crippen molar-refractivity contribution in [2.45, 2.75) is 18.9 Å². The molecular formula is C23H24N8O3. The largest absolute Gasteiger partial charge is 0.493 e. The Bertz CT molecular complexity index is 1510. The van der Waals surface area contributed by atoms with E-state index in [2.05, 4.69) is 37.4 Å². The average Bonchev–Trinajstić information content (AvgIpc) is 3.48. The molecule has 2 aliphatic rings. The summed E-state index contributed by atoms with van der Waals surface area (Å²) in [5, 5.41) is 18.4. The first-order valence-electron chi connectivity index (χ1n) is 11.3. The summed E-state index contributed by atoms with van der Waals surface area (Å²) in [5.74, 6) is 0.398. The summed E-state index contributed by atoms with van der Waals surface area (Å²) < 4.78 is 7.12. The van der Waals surface area contributed by atoms with Gasteiger partial charge in [-0.05, 0) is 43.2 Å². The molecule has 4 heterocycles. The molecular weight excluding hydrogens is 436 g/mol. The Labute approximate surface area is 193 Å². The topological polar surface area (TPSA) is 136 Å². The van der Waals surface area contributed by atoms with Gasteiger partial charge in [-0.1, -0.05) is 0 Å². The highest BCUT2D eigenvalue weighted by Crippen LogP contribution is 2.23. The van der Waals surface area contributed by atoms with Gasteiger partial charge in [-0.25, -0.2) is 9.78 Å². The molecule has 4 aromatic rings. The summed E-state index contributed by atoms with van der Waals surface area (Å²) in [6, 6.07) is 10.4. The number of benzene rings is 1. The summed E-state index contributed by atoms with van der Waals surface area (Å²) >= 11 is 0. The molecule has 1 aromatic carbocycles.